The van der Waals surface area contributed by atoms with E-state index >= 15 is 0 Å². The molecule has 8 N–H and O–H groups in total. The second-order valence-corrected chi connectivity index (χ2v) is 2.84. The van der Waals surface area contributed by atoms with E-state index in [0.29, 0.717) is 0 Å². The monoisotopic (exact) mass is 246 g/mol. The fraction of sp³-hybridized carbons (Fsp3) is 1.00. The van der Waals surface area contributed by atoms with Crippen LogP contribution >= 0.6 is 0 Å². The summed E-state index contributed by atoms with van der Waals surface area (Å²) >= 11 is 0. The molecule has 4 atom stereocenters. The summed E-state index contributed by atoms with van der Waals surface area (Å²) in [5, 5.41) is 36.0. The molecule has 0 aromatic heterocycles. The van der Waals surface area contributed by atoms with E-state index in [-0.39, 0.29) is 11.0 Å². The SMILES string of the molecule is O.O.OC1OC2OC(O)C(O)OC2OC1O. The van der Waals surface area contributed by atoms with Gasteiger partial charge in [-0.1, -0.05) is 0 Å². The first-order valence-corrected chi connectivity index (χ1v) is 3.92. The molecule has 2 fully saturated rings. The van der Waals surface area contributed by atoms with Crippen LogP contribution in [0.15, 0.2) is 0 Å². The predicted molar refractivity (Wildman–Crippen MR) is 43.2 cm³/mol. The van der Waals surface area contributed by atoms with Crippen molar-refractivity contribution in [1.29, 1.82) is 0 Å². The first-order chi connectivity index (χ1) is 6.58. The molecule has 4 unspecified atom stereocenters. The molecule has 0 aromatic carbocycles. The Morgan fingerprint density at radius 1 is 0.500 bits per heavy atom. The lowest BCUT2D eigenvalue weighted by Gasteiger charge is -2.42. The smallest absolute Gasteiger partial charge is 0.215 e. The molecule has 2 heterocycles. The van der Waals surface area contributed by atoms with Crippen molar-refractivity contribution in [2.45, 2.75) is 37.7 Å². The predicted octanol–water partition coefficient (Wildman–Crippen LogP) is -4.64. The molecule has 2 saturated heterocycles. The molecule has 10 heteroatoms. The molecular weight excluding hydrogens is 232 g/mol. The van der Waals surface area contributed by atoms with Gasteiger partial charge in [-0.2, -0.15) is 0 Å². The van der Waals surface area contributed by atoms with Crippen molar-refractivity contribution in [2.75, 3.05) is 0 Å². The molecule has 10 nitrogen and oxygen atoms in total. The third-order valence-electron chi connectivity index (χ3n) is 1.80. The van der Waals surface area contributed by atoms with E-state index in [1.165, 1.54) is 0 Å². The Kier molecular flexibility index (Phi) is 5.64. The van der Waals surface area contributed by atoms with Crippen LogP contribution in [0.25, 0.3) is 0 Å². The molecule has 0 aliphatic carbocycles. The minimum atomic E-state index is -1.58. The van der Waals surface area contributed by atoms with Crippen LogP contribution < -0.4 is 0 Å². The van der Waals surface area contributed by atoms with Crippen molar-refractivity contribution in [3.63, 3.8) is 0 Å². The average molecular weight is 246 g/mol. The van der Waals surface area contributed by atoms with E-state index in [0.717, 1.165) is 0 Å². The Hall–Kier alpha value is -0.400. The summed E-state index contributed by atoms with van der Waals surface area (Å²) in [7, 11) is 0. The fourth-order valence-corrected chi connectivity index (χ4v) is 1.14. The number of hydrogen-bond donors (Lipinski definition) is 4. The van der Waals surface area contributed by atoms with Gasteiger partial charge in [-0.15, -0.1) is 0 Å². The molecule has 0 bridgehead atoms. The van der Waals surface area contributed by atoms with Crippen molar-refractivity contribution < 1.29 is 50.3 Å². The van der Waals surface area contributed by atoms with Gasteiger partial charge in [0, 0.05) is 0 Å². The summed E-state index contributed by atoms with van der Waals surface area (Å²) in [6.07, 6.45) is -8.70. The zero-order valence-electron chi connectivity index (χ0n) is 7.89. The highest BCUT2D eigenvalue weighted by Crippen LogP contribution is 2.26. The Labute approximate surface area is 89.1 Å². The van der Waals surface area contributed by atoms with Crippen LogP contribution in [0.2, 0.25) is 0 Å². The van der Waals surface area contributed by atoms with E-state index in [1.807, 2.05) is 0 Å². The van der Waals surface area contributed by atoms with Crippen LogP contribution in [0.3, 0.4) is 0 Å². The van der Waals surface area contributed by atoms with Crippen molar-refractivity contribution in [2.24, 2.45) is 0 Å². The summed E-state index contributed by atoms with van der Waals surface area (Å²) < 4.78 is 18.7. The number of aliphatic hydroxyl groups excluding tert-OH is 4. The molecule has 2 aliphatic rings. The summed E-state index contributed by atoms with van der Waals surface area (Å²) in [5.74, 6) is 0. The minimum Gasteiger partial charge on any atom is -0.412 e. The largest absolute Gasteiger partial charge is 0.412 e. The first kappa shape index (κ1) is 15.6. The molecule has 2 rings (SSSR count). The van der Waals surface area contributed by atoms with Crippen LogP contribution in [0.4, 0.5) is 0 Å². The van der Waals surface area contributed by atoms with E-state index in [9.17, 15) is 0 Å². The van der Waals surface area contributed by atoms with Crippen LogP contribution in [0.1, 0.15) is 0 Å². The third-order valence-corrected chi connectivity index (χ3v) is 1.80. The van der Waals surface area contributed by atoms with Gasteiger partial charge in [0.15, 0.2) is 0 Å². The van der Waals surface area contributed by atoms with Crippen LogP contribution in [-0.4, -0.2) is 69.1 Å². The number of aliphatic hydroxyl groups is 4. The molecule has 0 amide bonds. The minimum absolute atomic E-state index is 0. The van der Waals surface area contributed by atoms with Gasteiger partial charge < -0.3 is 50.3 Å². The van der Waals surface area contributed by atoms with Crippen LogP contribution in [-0.2, 0) is 18.9 Å². The Morgan fingerprint density at radius 2 is 0.688 bits per heavy atom. The lowest BCUT2D eigenvalue weighted by atomic mass is 10.4. The maximum absolute atomic E-state index is 8.99. The highest BCUT2D eigenvalue weighted by Gasteiger charge is 2.45. The molecule has 16 heavy (non-hydrogen) atoms. The van der Waals surface area contributed by atoms with E-state index in [2.05, 4.69) is 18.9 Å². The number of hydrogen-bond acceptors (Lipinski definition) is 8. The van der Waals surface area contributed by atoms with Gasteiger partial charge in [0.05, 0.1) is 0 Å². The van der Waals surface area contributed by atoms with Gasteiger partial charge in [0.1, 0.15) is 0 Å². The maximum Gasteiger partial charge on any atom is 0.215 e. The van der Waals surface area contributed by atoms with Crippen LogP contribution in [0.5, 0.6) is 0 Å². The standard InChI is InChI=1S/C6H10O8.2H2O/c7-1-2(8)12-6-5(11-1)13-3(9)4(10)14-6;;/h1-10H;2*1H2. The number of fused-ring (bicyclic) bond motifs is 1. The molecule has 0 spiro atoms. The van der Waals surface area contributed by atoms with Crippen LogP contribution in [0, 0.1) is 0 Å². The Bertz CT molecular complexity index is 169. The molecule has 0 aromatic rings. The Balaban J connectivity index is 0.00000112. The average Bonchev–Trinajstić information content (AvgIpc) is 2.11. The number of rotatable bonds is 0. The number of ether oxygens (including phenoxy) is 4. The van der Waals surface area contributed by atoms with Crippen molar-refractivity contribution in [1.82, 2.24) is 0 Å². The Morgan fingerprint density at radius 3 is 0.875 bits per heavy atom. The molecular formula is C6H14O10. The quantitative estimate of drug-likeness (QED) is 0.329. The summed E-state index contributed by atoms with van der Waals surface area (Å²) in [5.41, 5.74) is 0. The van der Waals surface area contributed by atoms with Gasteiger partial charge >= 0.3 is 0 Å². The van der Waals surface area contributed by atoms with Crippen molar-refractivity contribution in [3.8, 4) is 0 Å². The molecule has 0 saturated carbocycles. The van der Waals surface area contributed by atoms with Gasteiger partial charge in [0.25, 0.3) is 0 Å². The zero-order valence-corrected chi connectivity index (χ0v) is 7.89. The highest BCUT2D eigenvalue weighted by atomic mass is 16.9. The fourth-order valence-electron chi connectivity index (χ4n) is 1.14. The van der Waals surface area contributed by atoms with E-state index in [4.69, 9.17) is 20.4 Å². The second kappa shape index (κ2) is 5.79. The molecule has 98 valence electrons. The highest BCUT2D eigenvalue weighted by molar-refractivity contribution is 4.68. The van der Waals surface area contributed by atoms with E-state index in [1.54, 1.807) is 0 Å². The summed E-state index contributed by atoms with van der Waals surface area (Å²) in [6, 6.07) is 0. The lowest BCUT2D eigenvalue weighted by molar-refractivity contribution is -0.494. The topological polar surface area (TPSA) is 181 Å². The molecule has 0 radical (unpaired) electrons. The zero-order chi connectivity index (χ0) is 10.3. The third kappa shape index (κ3) is 2.83. The maximum atomic E-state index is 8.99. The summed E-state index contributed by atoms with van der Waals surface area (Å²) in [4.78, 5) is 0. The lowest BCUT2D eigenvalue weighted by Crippen LogP contribution is -2.58. The molecule has 2 aliphatic heterocycles. The van der Waals surface area contributed by atoms with Gasteiger partial charge in [-0.25, -0.2) is 0 Å². The second-order valence-electron chi connectivity index (χ2n) is 2.84. The summed E-state index contributed by atoms with van der Waals surface area (Å²) in [6.45, 7) is 0. The van der Waals surface area contributed by atoms with Gasteiger partial charge in [0.2, 0.25) is 37.7 Å². The normalized spacial score (nSPS) is 47.2. The first-order valence-electron chi connectivity index (χ1n) is 3.92. The van der Waals surface area contributed by atoms with Crippen molar-refractivity contribution >= 4 is 0 Å². The van der Waals surface area contributed by atoms with E-state index < -0.39 is 37.7 Å². The van der Waals surface area contributed by atoms with Crippen molar-refractivity contribution in [3.05, 3.63) is 0 Å². The van der Waals surface area contributed by atoms with Gasteiger partial charge in [-0.3, -0.25) is 0 Å². The van der Waals surface area contributed by atoms with Gasteiger partial charge in [-0.05, 0) is 0 Å².